The minimum absolute atomic E-state index is 0.143. The van der Waals surface area contributed by atoms with Crippen molar-refractivity contribution in [2.24, 2.45) is 0 Å². The average molecular weight is 319 g/mol. The second kappa shape index (κ2) is 5.68. The fourth-order valence-corrected chi connectivity index (χ4v) is 2.04. The Balaban J connectivity index is 2.02. The van der Waals surface area contributed by atoms with Gasteiger partial charge in [0.2, 0.25) is 5.89 Å². The summed E-state index contributed by atoms with van der Waals surface area (Å²) in [5, 5.41) is 9.06. The molecule has 1 aromatic heterocycles. The van der Waals surface area contributed by atoms with Gasteiger partial charge in [0, 0.05) is 21.2 Å². The summed E-state index contributed by atoms with van der Waals surface area (Å²) < 4.78 is 5.21. The zero-order valence-electron chi connectivity index (χ0n) is 10.6. The lowest BCUT2D eigenvalue weighted by Crippen LogP contribution is -2.08. The van der Waals surface area contributed by atoms with Crippen molar-refractivity contribution in [1.82, 2.24) is 10.2 Å². The Hall–Kier alpha value is -2.17. The molecule has 0 amide bonds. The molecular formula is C15H8Cl2N2O2. The van der Waals surface area contributed by atoms with Crippen LogP contribution in [0.4, 0.5) is 0 Å². The molecule has 0 atom stereocenters. The number of halogens is 2. The summed E-state index contributed by atoms with van der Waals surface area (Å²) in [5.74, 6) is 0.148. The first-order valence-electron chi connectivity index (χ1n) is 6.03. The Morgan fingerprint density at radius 1 is 0.762 bits per heavy atom. The Labute approximate surface area is 130 Å². The minimum atomic E-state index is -0.558. The second-order valence-corrected chi connectivity index (χ2v) is 5.13. The molecule has 3 aromatic rings. The van der Waals surface area contributed by atoms with Crippen LogP contribution in [0.1, 0.15) is 0 Å². The van der Waals surface area contributed by atoms with Gasteiger partial charge in [-0.1, -0.05) is 35.3 Å². The van der Waals surface area contributed by atoms with E-state index in [2.05, 4.69) is 10.2 Å². The maximum Gasteiger partial charge on any atom is 0.366 e. The minimum Gasteiger partial charge on any atom is -0.400 e. The topological polar surface area (TPSA) is 56.0 Å². The number of benzene rings is 2. The van der Waals surface area contributed by atoms with Gasteiger partial charge in [-0.25, -0.2) is 4.79 Å². The molecule has 3 rings (SSSR count). The molecule has 0 bridgehead atoms. The van der Waals surface area contributed by atoms with Gasteiger partial charge in [0.25, 0.3) is 0 Å². The normalized spacial score (nSPS) is 10.6. The highest BCUT2D eigenvalue weighted by Gasteiger charge is 2.11. The third-order valence-electron chi connectivity index (χ3n) is 2.83. The molecule has 0 saturated carbocycles. The molecule has 6 heteroatoms. The van der Waals surface area contributed by atoms with Crippen LogP contribution in [-0.2, 0) is 0 Å². The van der Waals surface area contributed by atoms with Gasteiger partial charge < -0.3 is 4.42 Å². The van der Waals surface area contributed by atoms with Gasteiger partial charge in [0.1, 0.15) is 0 Å². The first-order valence-corrected chi connectivity index (χ1v) is 6.79. The van der Waals surface area contributed by atoms with Crippen LogP contribution in [0.15, 0.2) is 57.7 Å². The van der Waals surface area contributed by atoms with Crippen LogP contribution in [0, 0.1) is 0 Å². The summed E-state index contributed by atoms with van der Waals surface area (Å²) >= 11 is 11.6. The average Bonchev–Trinajstić information content (AvgIpc) is 2.49. The molecule has 21 heavy (non-hydrogen) atoms. The number of nitrogens with zero attached hydrogens (tertiary/aromatic N) is 2. The van der Waals surface area contributed by atoms with E-state index in [0.29, 0.717) is 21.2 Å². The smallest absolute Gasteiger partial charge is 0.366 e. The maximum absolute atomic E-state index is 12.0. The van der Waals surface area contributed by atoms with Crippen LogP contribution < -0.4 is 5.63 Å². The monoisotopic (exact) mass is 318 g/mol. The first-order chi connectivity index (χ1) is 10.1. The van der Waals surface area contributed by atoms with E-state index in [0.717, 1.165) is 0 Å². The summed E-state index contributed by atoms with van der Waals surface area (Å²) in [6.07, 6.45) is 0. The van der Waals surface area contributed by atoms with Gasteiger partial charge in [-0.05, 0) is 36.4 Å². The van der Waals surface area contributed by atoms with E-state index < -0.39 is 5.63 Å². The molecule has 0 saturated heterocycles. The molecule has 0 fully saturated rings. The Morgan fingerprint density at radius 3 is 1.81 bits per heavy atom. The van der Waals surface area contributed by atoms with Gasteiger partial charge in [-0.3, -0.25) is 0 Å². The van der Waals surface area contributed by atoms with Gasteiger partial charge >= 0.3 is 5.63 Å². The van der Waals surface area contributed by atoms with E-state index in [4.69, 9.17) is 27.6 Å². The van der Waals surface area contributed by atoms with Crippen LogP contribution in [0.3, 0.4) is 0 Å². The van der Waals surface area contributed by atoms with Crippen molar-refractivity contribution in [3.8, 4) is 22.7 Å². The Morgan fingerprint density at radius 2 is 1.29 bits per heavy atom. The fraction of sp³-hybridized carbons (Fsp3) is 0. The van der Waals surface area contributed by atoms with Gasteiger partial charge in [-0.2, -0.15) is 0 Å². The fourth-order valence-electron chi connectivity index (χ4n) is 1.79. The molecule has 0 aliphatic rings. The number of aromatic nitrogens is 2. The van der Waals surface area contributed by atoms with Crippen molar-refractivity contribution in [2.45, 2.75) is 0 Å². The number of hydrogen-bond donors (Lipinski definition) is 0. The van der Waals surface area contributed by atoms with Gasteiger partial charge in [0.05, 0.1) is 0 Å². The summed E-state index contributed by atoms with van der Waals surface area (Å²) in [6.45, 7) is 0. The molecule has 0 radical (unpaired) electrons. The largest absolute Gasteiger partial charge is 0.400 e. The van der Waals surface area contributed by atoms with E-state index in [-0.39, 0.29) is 11.6 Å². The molecule has 0 N–H and O–H groups in total. The first kappa shape index (κ1) is 13.8. The lowest BCUT2D eigenvalue weighted by atomic mass is 10.2. The van der Waals surface area contributed by atoms with E-state index in [1.165, 1.54) is 0 Å². The predicted molar refractivity (Wildman–Crippen MR) is 81.5 cm³/mol. The van der Waals surface area contributed by atoms with Gasteiger partial charge in [-0.15, -0.1) is 10.2 Å². The molecule has 0 aliphatic heterocycles. The van der Waals surface area contributed by atoms with Gasteiger partial charge in [0.15, 0.2) is 5.69 Å². The van der Waals surface area contributed by atoms with Crippen LogP contribution >= 0.6 is 23.2 Å². The lowest BCUT2D eigenvalue weighted by molar-refractivity contribution is 0.494. The molecule has 0 unspecified atom stereocenters. The van der Waals surface area contributed by atoms with Crippen LogP contribution in [-0.4, -0.2) is 10.2 Å². The lowest BCUT2D eigenvalue weighted by Gasteiger charge is -2.01. The zero-order chi connectivity index (χ0) is 14.8. The molecule has 0 spiro atoms. The van der Waals surface area contributed by atoms with E-state index in [1.807, 2.05) is 0 Å². The SMILES string of the molecule is O=c1oc(-c2ccc(Cl)cc2)nnc1-c1ccc(Cl)cc1. The highest BCUT2D eigenvalue weighted by atomic mass is 35.5. The third-order valence-corrected chi connectivity index (χ3v) is 3.34. The summed E-state index contributed by atoms with van der Waals surface area (Å²) in [4.78, 5) is 12.0. The Bertz CT molecular complexity index is 828. The third kappa shape index (κ3) is 2.96. The maximum atomic E-state index is 12.0. The molecule has 1 heterocycles. The van der Waals surface area contributed by atoms with Crippen LogP contribution in [0.2, 0.25) is 10.0 Å². The van der Waals surface area contributed by atoms with Crippen molar-refractivity contribution < 1.29 is 4.42 Å². The van der Waals surface area contributed by atoms with Crippen molar-refractivity contribution in [1.29, 1.82) is 0 Å². The standard InChI is InChI=1S/C15H8Cl2N2O2/c16-11-5-1-9(2-6-11)13-15(20)21-14(19-18-13)10-3-7-12(17)8-4-10/h1-8H. The molecular weight excluding hydrogens is 311 g/mol. The molecule has 2 aromatic carbocycles. The van der Waals surface area contributed by atoms with Crippen LogP contribution in [0.25, 0.3) is 22.7 Å². The van der Waals surface area contributed by atoms with Crippen molar-refractivity contribution >= 4 is 23.2 Å². The number of rotatable bonds is 2. The summed E-state index contributed by atoms with van der Waals surface area (Å²) in [7, 11) is 0. The second-order valence-electron chi connectivity index (χ2n) is 4.26. The quantitative estimate of drug-likeness (QED) is 0.714. The zero-order valence-corrected chi connectivity index (χ0v) is 12.1. The summed E-state index contributed by atoms with van der Waals surface area (Å²) in [5.41, 5.74) is 0.816. The van der Waals surface area contributed by atoms with E-state index >= 15 is 0 Å². The van der Waals surface area contributed by atoms with Crippen molar-refractivity contribution in [2.75, 3.05) is 0 Å². The van der Waals surface area contributed by atoms with Crippen molar-refractivity contribution in [3.05, 3.63) is 69.0 Å². The highest BCUT2D eigenvalue weighted by Crippen LogP contribution is 2.20. The Kier molecular flexibility index (Phi) is 3.73. The highest BCUT2D eigenvalue weighted by molar-refractivity contribution is 6.30. The molecule has 4 nitrogen and oxygen atoms in total. The van der Waals surface area contributed by atoms with E-state index in [9.17, 15) is 4.79 Å². The van der Waals surface area contributed by atoms with Crippen molar-refractivity contribution in [3.63, 3.8) is 0 Å². The number of hydrogen-bond acceptors (Lipinski definition) is 4. The van der Waals surface area contributed by atoms with Crippen LogP contribution in [0.5, 0.6) is 0 Å². The summed E-state index contributed by atoms with van der Waals surface area (Å²) in [6, 6.07) is 13.5. The molecule has 104 valence electrons. The molecule has 0 aliphatic carbocycles. The van der Waals surface area contributed by atoms with E-state index in [1.54, 1.807) is 48.5 Å². The predicted octanol–water partition coefficient (Wildman–Crippen LogP) is 4.07.